The molecule has 2 aliphatic carbocycles. The number of carboxylic acid groups (broad SMARTS) is 1. The Hall–Kier alpha value is -3.63. The van der Waals surface area contributed by atoms with E-state index in [0.717, 1.165) is 39.1 Å². The molecule has 1 N–H and O–H groups in total. The summed E-state index contributed by atoms with van der Waals surface area (Å²) in [5.74, 6) is 0.568. The van der Waals surface area contributed by atoms with Gasteiger partial charge in [-0.25, -0.2) is 17.1 Å². The number of halogens is 1. The van der Waals surface area contributed by atoms with E-state index in [0.29, 0.717) is 49.4 Å². The number of rotatable bonds is 9. The summed E-state index contributed by atoms with van der Waals surface area (Å²) < 4.78 is 58.6. The largest absolute Gasteiger partial charge is 0.492 e. The number of hydrogen-bond donors (Lipinski definition) is 1. The van der Waals surface area contributed by atoms with Crippen molar-refractivity contribution >= 4 is 16.0 Å². The summed E-state index contributed by atoms with van der Waals surface area (Å²) in [6.45, 7) is 4.37. The van der Waals surface area contributed by atoms with Gasteiger partial charge in [0, 0.05) is 49.0 Å². The lowest BCUT2D eigenvalue weighted by Gasteiger charge is -2.39. The Balaban J connectivity index is 1.20. The molecule has 3 aromatic carbocycles. The number of sulfonamides is 1. The molecule has 0 saturated heterocycles. The molecule has 1 fully saturated rings. The van der Waals surface area contributed by atoms with Crippen molar-refractivity contribution in [2.45, 2.75) is 70.1 Å². The van der Waals surface area contributed by atoms with Crippen molar-refractivity contribution in [3.8, 4) is 28.4 Å². The number of benzene rings is 3. The molecule has 6 rings (SSSR count). The Morgan fingerprint density at radius 3 is 2.47 bits per heavy atom. The van der Waals surface area contributed by atoms with Gasteiger partial charge in [-0.1, -0.05) is 12.1 Å². The average molecular weight is 610 g/mol. The third-order valence-corrected chi connectivity index (χ3v) is 10.4. The number of nitrogens with zero attached hydrogens (tertiary/aromatic N) is 1. The quantitative estimate of drug-likeness (QED) is 0.321. The van der Waals surface area contributed by atoms with Gasteiger partial charge in [0.1, 0.15) is 35.3 Å². The number of ether oxygens (including phenoxy) is 3. The lowest BCUT2D eigenvalue weighted by atomic mass is 9.88. The van der Waals surface area contributed by atoms with E-state index in [-0.39, 0.29) is 30.3 Å². The highest BCUT2D eigenvalue weighted by atomic mass is 32.2. The van der Waals surface area contributed by atoms with Crippen LogP contribution >= 0.6 is 0 Å². The van der Waals surface area contributed by atoms with Gasteiger partial charge >= 0.3 is 5.97 Å². The van der Waals surface area contributed by atoms with Crippen molar-refractivity contribution < 1.29 is 36.9 Å². The fourth-order valence-electron chi connectivity index (χ4n) is 6.71. The number of hydrogen-bond acceptors (Lipinski definition) is 6. The van der Waals surface area contributed by atoms with Gasteiger partial charge in [-0.05, 0) is 78.8 Å². The molecule has 1 aliphatic heterocycles. The summed E-state index contributed by atoms with van der Waals surface area (Å²) in [5.41, 5.74) is 6.42. The predicted molar refractivity (Wildman–Crippen MR) is 160 cm³/mol. The zero-order valence-corrected chi connectivity index (χ0v) is 25.5. The summed E-state index contributed by atoms with van der Waals surface area (Å²) in [4.78, 5) is 11.2. The minimum Gasteiger partial charge on any atom is -0.492 e. The molecule has 0 spiro atoms. The first kappa shape index (κ1) is 29.4. The standard InChI is InChI=1S/C33H36FNO7S/c1-18-11-23(41-24-14-21(15-24)35(3)43(4,38)39)12-19(2)32(18)26-7-9-28(34)33-27(26)8-10-29(33)42-22-5-6-25-20(13-31(36)37)17-40-30(25)16-22/h5-7,9,11-12,16,20-21,24,29H,8,10,13-15,17H2,1-4H3,(H,36,37)/t20-,21-,24-,29-/m1/s1. The zero-order chi connectivity index (χ0) is 30.6. The second-order valence-electron chi connectivity index (χ2n) is 12.0. The Morgan fingerprint density at radius 1 is 1.07 bits per heavy atom. The summed E-state index contributed by atoms with van der Waals surface area (Å²) in [7, 11) is -1.62. The second-order valence-corrected chi connectivity index (χ2v) is 14.1. The van der Waals surface area contributed by atoms with E-state index in [1.807, 2.05) is 38.1 Å². The van der Waals surface area contributed by atoms with Gasteiger partial charge in [-0.3, -0.25) is 4.79 Å². The Kier molecular flexibility index (Phi) is 7.62. The zero-order valence-electron chi connectivity index (χ0n) is 24.7. The maximum Gasteiger partial charge on any atom is 0.304 e. The van der Waals surface area contributed by atoms with Gasteiger partial charge in [-0.15, -0.1) is 0 Å². The molecule has 0 bridgehead atoms. The lowest BCUT2D eigenvalue weighted by molar-refractivity contribution is -0.137. The van der Waals surface area contributed by atoms with E-state index in [1.165, 1.54) is 16.6 Å². The van der Waals surface area contributed by atoms with Crippen LogP contribution in [0.1, 0.15) is 65.5 Å². The monoisotopic (exact) mass is 609 g/mol. The molecular weight excluding hydrogens is 573 g/mol. The van der Waals surface area contributed by atoms with E-state index < -0.39 is 22.1 Å². The van der Waals surface area contributed by atoms with Gasteiger partial charge in [0.15, 0.2) is 0 Å². The molecular formula is C33H36FNO7S. The van der Waals surface area contributed by atoms with Crippen LogP contribution in [-0.4, -0.2) is 55.9 Å². The number of aryl methyl sites for hydroxylation is 2. The molecule has 0 amide bonds. The number of carboxylic acids is 1. The molecule has 8 nitrogen and oxygen atoms in total. The Morgan fingerprint density at radius 2 is 1.79 bits per heavy atom. The Labute approximate surface area is 251 Å². The molecule has 3 aliphatic rings. The molecule has 43 heavy (non-hydrogen) atoms. The number of carbonyl (C=O) groups is 1. The Bertz CT molecular complexity index is 1680. The minimum atomic E-state index is -3.23. The summed E-state index contributed by atoms with van der Waals surface area (Å²) in [6.07, 6.45) is 3.33. The molecule has 1 heterocycles. The summed E-state index contributed by atoms with van der Waals surface area (Å²) in [5, 5.41) is 9.17. The minimum absolute atomic E-state index is 0.00710. The number of aliphatic carboxylic acids is 1. The molecule has 1 saturated carbocycles. The topological polar surface area (TPSA) is 102 Å². The van der Waals surface area contributed by atoms with E-state index in [1.54, 1.807) is 19.2 Å². The first-order chi connectivity index (χ1) is 20.4. The van der Waals surface area contributed by atoms with Crippen LogP contribution in [0.5, 0.6) is 17.2 Å². The SMILES string of the molecule is Cc1cc(O[C@H]2C[C@H](N(C)S(C)(=O)=O)C2)cc(C)c1-c1ccc(F)c2c1CC[C@H]2Oc1ccc2c(c1)OC[C@H]2CC(=O)O. The van der Waals surface area contributed by atoms with Gasteiger partial charge in [-0.2, -0.15) is 0 Å². The van der Waals surface area contributed by atoms with Crippen LogP contribution in [0.3, 0.4) is 0 Å². The van der Waals surface area contributed by atoms with E-state index in [9.17, 15) is 13.2 Å². The predicted octanol–water partition coefficient (Wildman–Crippen LogP) is 5.93. The fraction of sp³-hybridized carbons (Fsp3) is 0.424. The van der Waals surface area contributed by atoms with Crippen LogP contribution in [-0.2, 0) is 21.2 Å². The molecule has 0 unspecified atom stereocenters. The molecule has 228 valence electrons. The average Bonchev–Trinajstić information content (AvgIpc) is 3.50. The van der Waals surface area contributed by atoms with Crippen LogP contribution in [0.15, 0.2) is 42.5 Å². The van der Waals surface area contributed by atoms with Crippen molar-refractivity contribution in [3.63, 3.8) is 0 Å². The van der Waals surface area contributed by atoms with Gasteiger partial charge in [0.25, 0.3) is 0 Å². The molecule has 2 atom stereocenters. The van der Waals surface area contributed by atoms with Crippen molar-refractivity contribution in [1.29, 1.82) is 0 Å². The van der Waals surface area contributed by atoms with Crippen molar-refractivity contribution in [1.82, 2.24) is 4.31 Å². The van der Waals surface area contributed by atoms with Gasteiger partial charge < -0.3 is 19.3 Å². The highest BCUT2D eigenvalue weighted by Crippen LogP contribution is 2.45. The van der Waals surface area contributed by atoms with Gasteiger partial charge in [0.05, 0.1) is 19.3 Å². The molecule has 0 radical (unpaired) electrons. The maximum absolute atomic E-state index is 15.3. The van der Waals surface area contributed by atoms with Crippen LogP contribution < -0.4 is 14.2 Å². The third kappa shape index (κ3) is 5.70. The molecule has 0 aromatic heterocycles. The lowest BCUT2D eigenvalue weighted by Crippen LogP contribution is -2.49. The fourth-order valence-corrected chi connectivity index (χ4v) is 7.42. The summed E-state index contributed by atoms with van der Waals surface area (Å²) >= 11 is 0. The van der Waals surface area contributed by atoms with Crippen molar-refractivity contribution in [2.24, 2.45) is 0 Å². The van der Waals surface area contributed by atoms with Crippen molar-refractivity contribution in [2.75, 3.05) is 19.9 Å². The molecule has 3 aromatic rings. The van der Waals surface area contributed by atoms with E-state index >= 15 is 4.39 Å². The van der Waals surface area contributed by atoms with E-state index in [4.69, 9.17) is 19.3 Å². The first-order valence-corrected chi connectivity index (χ1v) is 16.4. The molecule has 10 heteroatoms. The number of fused-ring (bicyclic) bond motifs is 2. The third-order valence-electron chi connectivity index (χ3n) is 9.03. The normalized spacial score (nSPS) is 22.5. The van der Waals surface area contributed by atoms with E-state index in [2.05, 4.69) is 0 Å². The highest BCUT2D eigenvalue weighted by Gasteiger charge is 2.37. The summed E-state index contributed by atoms with van der Waals surface area (Å²) in [6, 6.07) is 12.7. The maximum atomic E-state index is 15.3. The highest BCUT2D eigenvalue weighted by molar-refractivity contribution is 7.88. The van der Waals surface area contributed by atoms with Crippen LogP contribution in [0.4, 0.5) is 4.39 Å². The second kappa shape index (κ2) is 11.1. The first-order valence-electron chi connectivity index (χ1n) is 14.6. The van der Waals surface area contributed by atoms with Crippen LogP contribution in [0.2, 0.25) is 0 Å². The van der Waals surface area contributed by atoms with Crippen LogP contribution in [0, 0.1) is 19.7 Å². The smallest absolute Gasteiger partial charge is 0.304 e. The van der Waals surface area contributed by atoms with Crippen LogP contribution in [0.25, 0.3) is 11.1 Å². The van der Waals surface area contributed by atoms with Gasteiger partial charge in [0.2, 0.25) is 10.0 Å². The van der Waals surface area contributed by atoms with Crippen molar-refractivity contribution in [3.05, 3.63) is 76.1 Å².